The minimum Gasteiger partial charge on any atom is -0.454 e. The zero-order valence-electron chi connectivity index (χ0n) is 12.8. The van der Waals surface area contributed by atoms with Crippen molar-refractivity contribution in [2.45, 2.75) is 12.5 Å². The second kappa shape index (κ2) is 5.75. The van der Waals surface area contributed by atoms with Gasteiger partial charge in [-0.2, -0.15) is 0 Å². The van der Waals surface area contributed by atoms with Gasteiger partial charge >= 0.3 is 0 Å². The zero-order valence-corrected chi connectivity index (χ0v) is 13.6. The van der Waals surface area contributed by atoms with E-state index in [1.165, 1.54) is 16.8 Å². The van der Waals surface area contributed by atoms with Crippen LogP contribution in [0.2, 0.25) is 0 Å². The maximum atomic E-state index is 12.6. The SMILES string of the molecule is CN1C(=O)C[C@H](C(=O)Nc2nncs2)[C@H]1c1ccc2c(c1)OCO2. The average molecular weight is 346 g/mol. The molecule has 9 heteroatoms. The Labute approximate surface area is 141 Å². The van der Waals surface area contributed by atoms with Gasteiger partial charge in [-0.1, -0.05) is 17.4 Å². The molecule has 24 heavy (non-hydrogen) atoms. The molecule has 1 N–H and O–H groups in total. The molecule has 1 saturated heterocycles. The Morgan fingerprint density at radius 1 is 1.38 bits per heavy atom. The van der Waals surface area contributed by atoms with E-state index in [4.69, 9.17) is 9.47 Å². The van der Waals surface area contributed by atoms with Gasteiger partial charge in [0, 0.05) is 13.5 Å². The molecule has 0 radical (unpaired) electrons. The number of rotatable bonds is 3. The van der Waals surface area contributed by atoms with Gasteiger partial charge in [-0.3, -0.25) is 9.59 Å². The highest BCUT2D eigenvalue weighted by Crippen LogP contribution is 2.41. The summed E-state index contributed by atoms with van der Waals surface area (Å²) in [6, 6.07) is 5.12. The van der Waals surface area contributed by atoms with Gasteiger partial charge in [0.2, 0.25) is 23.7 Å². The van der Waals surface area contributed by atoms with Crippen LogP contribution in [-0.2, 0) is 9.59 Å². The molecular weight excluding hydrogens is 332 g/mol. The summed E-state index contributed by atoms with van der Waals surface area (Å²) in [6.07, 6.45) is 0.153. The van der Waals surface area contributed by atoms with E-state index in [-0.39, 0.29) is 31.1 Å². The van der Waals surface area contributed by atoms with Crippen molar-refractivity contribution in [3.8, 4) is 11.5 Å². The average Bonchev–Trinajstić information content (AvgIpc) is 3.28. The highest BCUT2D eigenvalue weighted by molar-refractivity contribution is 7.13. The summed E-state index contributed by atoms with van der Waals surface area (Å²) >= 11 is 1.24. The number of anilines is 1. The molecule has 2 amide bonds. The maximum absolute atomic E-state index is 12.6. The molecule has 0 bridgehead atoms. The van der Waals surface area contributed by atoms with Crippen LogP contribution < -0.4 is 14.8 Å². The highest BCUT2D eigenvalue weighted by Gasteiger charge is 2.43. The number of fused-ring (bicyclic) bond motifs is 1. The van der Waals surface area contributed by atoms with Crippen molar-refractivity contribution in [2.24, 2.45) is 5.92 Å². The van der Waals surface area contributed by atoms with Crippen LogP contribution >= 0.6 is 11.3 Å². The van der Waals surface area contributed by atoms with Crippen LogP contribution in [0.15, 0.2) is 23.7 Å². The van der Waals surface area contributed by atoms with E-state index >= 15 is 0 Å². The minimum atomic E-state index is -0.508. The number of hydrogen-bond acceptors (Lipinski definition) is 7. The standard InChI is InChI=1S/C15H14N4O4S/c1-19-12(20)5-9(14(21)17-15-18-16-6-24-15)13(19)8-2-3-10-11(4-8)23-7-22-10/h2-4,6,9,13H,5,7H2,1H3,(H,17,18,21)/t9-,13+/m0/s1. The fourth-order valence-corrected chi connectivity index (χ4v) is 3.53. The molecule has 1 aromatic heterocycles. The van der Waals surface area contributed by atoms with E-state index in [1.54, 1.807) is 18.0 Å². The predicted molar refractivity (Wildman–Crippen MR) is 84.7 cm³/mol. The molecule has 1 aromatic carbocycles. The molecule has 3 heterocycles. The number of aromatic nitrogens is 2. The van der Waals surface area contributed by atoms with Crippen molar-refractivity contribution in [3.63, 3.8) is 0 Å². The van der Waals surface area contributed by atoms with Gasteiger partial charge in [0.25, 0.3) is 0 Å². The van der Waals surface area contributed by atoms with E-state index in [0.717, 1.165) is 5.56 Å². The van der Waals surface area contributed by atoms with Gasteiger partial charge < -0.3 is 19.7 Å². The van der Waals surface area contributed by atoms with Crippen molar-refractivity contribution in [1.29, 1.82) is 0 Å². The normalized spacial score (nSPS) is 22.0. The summed E-state index contributed by atoms with van der Waals surface area (Å²) in [6.45, 7) is 0.180. The largest absolute Gasteiger partial charge is 0.454 e. The summed E-state index contributed by atoms with van der Waals surface area (Å²) in [4.78, 5) is 26.4. The van der Waals surface area contributed by atoms with Crippen LogP contribution in [-0.4, -0.2) is 40.8 Å². The van der Waals surface area contributed by atoms with Crippen LogP contribution in [0, 0.1) is 5.92 Å². The number of ether oxygens (including phenoxy) is 2. The number of amides is 2. The molecule has 2 aromatic rings. The second-order valence-electron chi connectivity index (χ2n) is 5.61. The van der Waals surface area contributed by atoms with Crippen molar-refractivity contribution in [3.05, 3.63) is 29.3 Å². The first-order valence-electron chi connectivity index (χ1n) is 7.36. The summed E-state index contributed by atoms with van der Waals surface area (Å²) < 4.78 is 10.7. The first kappa shape index (κ1) is 14.9. The topological polar surface area (TPSA) is 93.7 Å². The van der Waals surface area contributed by atoms with Crippen molar-refractivity contribution in [1.82, 2.24) is 15.1 Å². The van der Waals surface area contributed by atoms with E-state index in [2.05, 4.69) is 15.5 Å². The smallest absolute Gasteiger partial charge is 0.232 e. The first-order chi connectivity index (χ1) is 11.6. The lowest BCUT2D eigenvalue weighted by molar-refractivity contribution is -0.127. The summed E-state index contributed by atoms with van der Waals surface area (Å²) in [5.74, 6) is 0.470. The van der Waals surface area contributed by atoms with Crippen molar-refractivity contribution < 1.29 is 19.1 Å². The molecule has 0 aliphatic carbocycles. The third-order valence-electron chi connectivity index (χ3n) is 4.25. The fraction of sp³-hybridized carbons (Fsp3) is 0.333. The molecule has 124 valence electrons. The van der Waals surface area contributed by atoms with Crippen molar-refractivity contribution in [2.75, 3.05) is 19.2 Å². The van der Waals surface area contributed by atoms with Crippen LogP contribution in [0.3, 0.4) is 0 Å². The van der Waals surface area contributed by atoms with Gasteiger partial charge in [-0.25, -0.2) is 0 Å². The molecule has 0 saturated carbocycles. The van der Waals surface area contributed by atoms with E-state index in [9.17, 15) is 9.59 Å². The number of hydrogen-bond donors (Lipinski definition) is 1. The lowest BCUT2D eigenvalue weighted by Gasteiger charge is -2.24. The molecular formula is C15H14N4O4S. The molecule has 2 aliphatic heterocycles. The Balaban J connectivity index is 1.63. The first-order valence-corrected chi connectivity index (χ1v) is 8.23. The van der Waals surface area contributed by atoms with Gasteiger partial charge in [-0.15, -0.1) is 10.2 Å². The minimum absolute atomic E-state index is 0.0740. The third-order valence-corrected chi connectivity index (χ3v) is 4.86. The van der Waals surface area contributed by atoms with Crippen LogP contribution in [0.4, 0.5) is 5.13 Å². The van der Waals surface area contributed by atoms with Gasteiger partial charge in [-0.05, 0) is 17.7 Å². The zero-order chi connectivity index (χ0) is 16.7. The number of carbonyl (C=O) groups excluding carboxylic acids is 2. The molecule has 8 nitrogen and oxygen atoms in total. The quantitative estimate of drug-likeness (QED) is 0.903. The number of nitrogens with zero attached hydrogens (tertiary/aromatic N) is 3. The fourth-order valence-electron chi connectivity index (χ4n) is 3.08. The van der Waals surface area contributed by atoms with Gasteiger partial charge in [0.15, 0.2) is 11.5 Å². The molecule has 2 atom stereocenters. The molecule has 0 unspecified atom stereocenters. The molecule has 2 aliphatic rings. The van der Waals surface area contributed by atoms with Gasteiger partial charge in [0.05, 0.1) is 12.0 Å². The number of likely N-dealkylation sites (tertiary alicyclic amines) is 1. The Morgan fingerprint density at radius 2 is 2.21 bits per heavy atom. The van der Waals surface area contributed by atoms with Gasteiger partial charge in [0.1, 0.15) is 5.51 Å². The summed E-state index contributed by atoms with van der Waals surface area (Å²) in [5.41, 5.74) is 2.38. The third kappa shape index (κ3) is 2.46. The van der Waals surface area contributed by atoms with Crippen LogP contribution in [0.5, 0.6) is 11.5 Å². The Hall–Kier alpha value is -2.68. The van der Waals surface area contributed by atoms with E-state index < -0.39 is 5.92 Å². The summed E-state index contributed by atoms with van der Waals surface area (Å²) in [7, 11) is 1.70. The number of carbonyl (C=O) groups is 2. The highest BCUT2D eigenvalue weighted by atomic mass is 32.1. The molecule has 0 spiro atoms. The van der Waals surface area contributed by atoms with E-state index in [0.29, 0.717) is 16.6 Å². The Kier molecular flexibility index (Phi) is 3.57. The maximum Gasteiger partial charge on any atom is 0.232 e. The van der Waals surface area contributed by atoms with Crippen LogP contribution in [0.25, 0.3) is 0 Å². The van der Waals surface area contributed by atoms with Crippen molar-refractivity contribution >= 4 is 28.3 Å². The molecule has 4 rings (SSSR count). The monoisotopic (exact) mass is 346 g/mol. The predicted octanol–water partition coefficient (Wildman–Crippen LogP) is 1.42. The number of benzene rings is 1. The summed E-state index contributed by atoms with van der Waals surface area (Å²) in [5, 5.41) is 10.7. The lowest BCUT2D eigenvalue weighted by atomic mass is 9.92. The van der Waals surface area contributed by atoms with Crippen LogP contribution in [0.1, 0.15) is 18.0 Å². The second-order valence-corrected chi connectivity index (χ2v) is 6.44. The Morgan fingerprint density at radius 3 is 3.00 bits per heavy atom. The van der Waals surface area contributed by atoms with E-state index in [1.807, 2.05) is 12.1 Å². The Bertz CT molecular complexity index is 795. The lowest BCUT2D eigenvalue weighted by Crippen LogP contribution is -2.30. The molecule has 1 fully saturated rings. The number of nitrogens with one attached hydrogen (secondary N) is 1.